The van der Waals surface area contributed by atoms with Crippen molar-refractivity contribution in [2.24, 2.45) is 0 Å². The zero-order valence-electron chi connectivity index (χ0n) is 8.23. The van der Waals surface area contributed by atoms with Crippen molar-refractivity contribution < 1.29 is 17.9 Å². The van der Waals surface area contributed by atoms with Gasteiger partial charge in [0.15, 0.2) is 0 Å². The van der Waals surface area contributed by atoms with Crippen molar-refractivity contribution in [3.8, 4) is 11.8 Å². The number of hydrogen-bond donors (Lipinski definition) is 0. The van der Waals surface area contributed by atoms with E-state index in [1.807, 2.05) is 0 Å². The summed E-state index contributed by atoms with van der Waals surface area (Å²) in [6.45, 7) is 0. The Morgan fingerprint density at radius 3 is 2.50 bits per heavy atom. The summed E-state index contributed by atoms with van der Waals surface area (Å²) in [6.07, 6.45) is -4.78. The van der Waals surface area contributed by atoms with Crippen LogP contribution in [-0.2, 0) is 12.6 Å². The molecule has 1 rings (SSSR count). The maximum atomic E-state index is 12.6. The van der Waals surface area contributed by atoms with Crippen LogP contribution < -0.4 is 4.74 Å². The second kappa shape index (κ2) is 4.74. The van der Waals surface area contributed by atoms with Crippen LogP contribution in [0.5, 0.6) is 5.75 Å². The lowest BCUT2D eigenvalue weighted by atomic mass is 10.0. The van der Waals surface area contributed by atoms with Crippen molar-refractivity contribution in [1.29, 1.82) is 5.26 Å². The Morgan fingerprint density at radius 1 is 1.44 bits per heavy atom. The normalized spacial score (nSPS) is 11.0. The van der Waals surface area contributed by atoms with E-state index in [0.717, 1.165) is 6.07 Å². The zero-order chi connectivity index (χ0) is 12.3. The second-order valence-corrected chi connectivity index (χ2v) is 3.83. The first kappa shape index (κ1) is 12.8. The van der Waals surface area contributed by atoms with Crippen LogP contribution in [0, 0.1) is 11.3 Å². The molecular weight excluding hydrogens is 287 g/mol. The van der Waals surface area contributed by atoms with Crippen molar-refractivity contribution >= 4 is 15.9 Å². The van der Waals surface area contributed by atoms with Crippen molar-refractivity contribution in [3.63, 3.8) is 0 Å². The highest BCUT2D eigenvalue weighted by molar-refractivity contribution is 9.10. The summed E-state index contributed by atoms with van der Waals surface area (Å²) in [5.41, 5.74) is -0.906. The molecule has 0 unspecified atom stereocenters. The lowest BCUT2D eigenvalue weighted by Crippen LogP contribution is -2.09. The van der Waals surface area contributed by atoms with Crippen LogP contribution in [-0.4, -0.2) is 7.11 Å². The van der Waals surface area contributed by atoms with Gasteiger partial charge in [0.25, 0.3) is 0 Å². The largest absolute Gasteiger partial charge is 0.496 e. The van der Waals surface area contributed by atoms with Gasteiger partial charge in [-0.1, -0.05) is 0 Å². The molecule has 1 aromatic rings. The first-order valence-electron chi connectivity index (χ1n) is 4.20. The number of benzene rings is 1. The van der Waals surface area contributed by atoms with E-state index in [2.05, 4.69) is 15.9 Å². The average molecular weight is 294 g/mol. The average Bonchev–Trinajstić information content (AvgIpc) is 2.19. The predicted octanol–water partition coefficient (Wildman–Crippen LogP) is 3.54. The van der Waals surface area contributed by atoms with Crippen LogP contribution in [0.25, 0.3) is 0 Å². The van der Waals surface area contributed by atoms with Crippen molar-refractivity contribution in [2.75, 3.05) is 7.11 Å². The fraction of sp³-hybridized carbons (Fsp3) is 0.300. The molecule has 0 heterocycles. The van der Waals surface area contributed by atoms with Crippen molar-refractivity contribution in [2.45, 2.75) is 12.6 Å². The smallest absolute Gasteiger partial charge is 0.416 e. The molecule has 0 aromatic heterocycles. The van der Waals surface area contributed by atoms with Gasteiger partial charge in [-0.15, -0.1) is 0 Å². The van der Waals surface area contributed by atoms with E-state index in [1.165, 1.54) is 13.2 Å². The Balaban J connectivity index is 3.37. The Hall–Kier alpha value is -1.22. The van der Waals surface area contributed by atoms with Gasteiger partial charge >= 0.3 is 6.18 Å². The number of halogens is 4. The highest BCUT2D eigenvalue weighted by Crippen LogP contribution is 2.37. The molecule has 6 heteroatoms. The third kappa shape index (κ3) is 2.67. The molecule has 2 nitrogen and oxygen atoms in total. The van der Waals surface area contributed by atoms with Gasteiger partial charge in [-0.25, -0.2) is 0 Å². The number of alkyl halides is 3. The number of nitriles is 1. The van der Waals surface area contributed by atoms with E-state index in [9.17, 15) is 13.2 Å². The number of hydrogen-bond acceptors (Lipinski definition) is 2. The standard InChI is InChI=1S/C10H7BrF3NO/c1-16-9-4-6(2-3-15)7(5-8(9)11)10(12,13)14/h4-5H,2H2,1H3. The van der Waals surface area contributed by atoms with Gasteiger partial charge in [-0.3, -0.25) is 0 Å². The van der Waals surface area contributed by atoms with Crippen LogP contribution in [0.15, 0.2) is 16.6 Å². The molecule has 0 radical (unpaired) electrons. The fourth-order valence-electron chi connectivity index (χ4n) is 1.25. The molecule has 0 amide bonds. The van der Waals surface area contributed by atoms with Crippen LogP contribution in [0.4, 0.5) is 13.2 Å². The second-order valence-electron chi connectivity index (χ2n) is 2.98. The topological polar surface area (TPSA) is 33.0 Å². The molecular formula is C10H7BrF3NO. The fourth-order valence-corrected chi connectivity index (χ4v) is 1.75. The van der Waals surface area contributed by atoms with Crippen LogP contribution in [0.1, 0.15) is 11.1 Å². The highest BCUT2D eigenvalue weighted by Gasteiger charge is 2.34. The van der Waals surface area contributed by atoms with Crippen molar-refractivity contribution in [3.05, 3.63) is 27.7 Å². The molecule has 0 spiro atoms. The third-order valence-electron chi connectivity index (χ3n) is 1.95. The van der Waals surface area contributed by atoms with Crippen LogP contribution in [0.3, 0.4) is 0 Å². The van der Waals surface area contributed by atoms with Gasteiger partial charge < -0.3 is 4.74 Å². The van der Waals surface area contributed by atoms with Gasteiger partial charge in [0.05, 0.1) is 29.6 Å². The van der Waals surface area contributed by atoms with E-state index < -0.39 is 11.7 Å². The Labute approximate surface area is 98.8 Å². The molecule has 0 atom stereocenters. The molecule has 16 heavy (non-hydrogen) atoms. The van der Waals surface area contributed by atoms with Gasteiger partial charge in [-0.2, -0.15) is 18.4 Å². The van der Waals surface area contributed by atoms with E-state index in [4.69, 9.17) is 10.00 Å². The maximum absolute atomic E-state index is 12.6. The maximum Gasteiger partial charge on any atom is 0.416 e. The third-order valence-corrected chi connectivity index (χ3v) is 2.57. The molecule has 1 aromatic carbocycles. The molecule has 0 aliphatic carbocycles. The quantitative estimate of drug-likeness (QED) is 0.835. The summed E-state index contributed by atoms with van der Waals surface area (Å²) in [4.78, 5) is 0. The van der Waals surface area contributed by atoms with Crippen LogP contribution in [0.2, 0.25) is 0 Å². The number of methoxy groups -OCH3 is 1. The molecule has 0 saturated carbocycles. The molecule has 0 saturated heterocycles. The SMILES string of the molecule is COc1cc(CC#N)c(C(F)(F)F)cc1Br. The van der Waals surface area contributed by atoms with Gasteiger partial charge in [-0.05, 0) is 33.6 Å². The first-order chi connectivity index (χ1) is 7.40. The Bertz CT molecular complexity index is 437. The Morgan fingerprint density at radius 2 is 2.06 bits per heavy atom. The highest BCUT2D eigenvalue weighted by atomic mass is 79.9. The van der Waals surface area contributed by atoms with Gasteiger partial charge in [0, 0.05) is 0 Å². The summed E-state index contributed by atoms with van der Waals surface area (Å²) < 4.78 is 42.9. The number of nitrogens with zero attached hydrogens (tertiary/aromatic N) is 1. The summed E-state index contributed by atoms with van der Waals surface area (Å²) in [5.74, 6) is 0.276. The van der Waals surface area contributed by atoms with E-state index >= 15 is 0 Å². The zero-order valence-corrected chi connectivity index (χ0v) is 9.82. The summed E-state index contributed by atoms with van der Waals surface area (Å²) in [6, 6.07) is 3.84. The van der Waals surface area contributed by atoms with E-state index in [1.54, 1.807) is 6.07 Å². The Kier molecular flexibility index (Phi) is 3.81. The summed E-state index contributed by atoms with van der Waals surface area (Å²) >= 11 is 2.98. The van der Waals surface area contributed by atoms with Gasteiger partial charge in [0.1, 0.15) is 5.75 Å². The van der Waals surface area contributed by atoms with Crippen molar-refractivity contribution in [1.82, 2.24) is 0 Å². The predicted molar refractivity (Wildman–Crippen MR) is 55.0 cm³/mol. The summed E-state index contributed by atoms with van der Waals surface area (Å²) in [5, 5.41) is 8.47. The minimum absolute atomic E-state index is 0.0879. The molecule has 0 fully saturated rings. The number of ether oxygens (including phenoxy) is 1. The number of rotatable bonds is 2. The first-order valence-corrected chi connectivity index (χ1v) is 5.00. The molecule has 0 aliphatic heterocycles. The van der Waals surface area contributed by atoms with Gasteiger partial charge in [0.2, 0.25) is 0 Å². The minimum atomic E-state index is -4.47. The molecule has 86 valence electrons. The minimum Gasteiger partial charge on any atom is -0.496 e. The summed E-state index contributed by atoms with van der Waals surface area (Å²) in [7, 11) is 1.35. The van der Waals surface area contributed by atoms with E-state index in [0.29, 0.717) is 0 Å². The lowest BCUT2D eigenvalue weighted by Gasteiger charge is -2.13. The van der Waals surface area contributed by atoms with E-state index in [-0.39, 0.29) is 22.2 Å². The molecule has 0 bridgehead atoms. The molecule has 0 N–H and O–H groups in total. The monoisotopic (exact) mass is 293 g/mol. The molecule has 0 aliphatic rings. The van der Waals surface area contributed by atoms with Crippen LogP contribution >= 0.6 is 15.9 Å². The lowest BCUT2D eigenvalue weighted by molar-refractivity contribution is -0.138.